The van der Waals surface area contributed by atoms with Crippen molar-refractivity contribution in [3.05, 3.63) is 10.3 Å². The van der Waals surface area contributed by atoms with E-state index in [4.69, 9.17) is 23.7 Å². The molecular formula is C7H12N4S. The predicted octanol–water partition coefficient (Wildman–Crippen LogP) is 1.11. The van der Waals surface area contributed by atoms with Gasteiger partial charge in [-0.25, -0.2) is 4.98 Å². The third-order valence-electron chi connectivity index (χ3n) is 1.82. The van der Waals surface area contributed by atoms with Crippen LogP contribution >= 0.6 is 12.2 Å². The van der Waals surface area contributed by atoms with E-state index in [1.807, 2.05) is 13.8 Å². The van der Waals surface area contributed by atoms with Crippen LogP contribution in [0, 0.1) is 11.7 Å². The largest absolute Gasteiger partial charge is 0.385 e. The number of aromatic nitrogens is 2. The van der Waals surface area contributed by atoms with Gasteiger partial charge in [-0.15, -0.1) is 0 Å². The molecule has 5 heteroatoms. The highest BCUT2D eigenvalue weighted by atomic mass is 32.1. The van der Waals surface area contributed by atoms with E-state index in [0.717, 1.165) is 12.1 Å². The number of rotatable bonds is 1. The molecule has 1 aromatic rings. The standard InChI is InChI=1S/C7H12N4S/c1-3-11-6(9)4(2)5(8)10-7(11)12/h3,9H2,1-2H3,(H2,8,10,12). The summed E-state index contributed by atoms with van der Waals surface area (Å²) < 4.78 is 2.19. The quantitative estimate of drug-likeness (QED) is 0.641. The van der Waals surface area contributed by atoms with Crippen LogP contribution in [0.1, 0.15) is 12.5 Å². The van der Waals surface area contributed by atoms with Crippen LogP contribution in [0.4, 0.5) is 11.6 Å². The van der Waals surface area contributed by atoms with Crippen LogP contribution in [0.2, 0.25) is 0 Å². The van der Waals surface area contributed by atoms with Crippen molar-refractivity contribution < 1.29 is 0 Å². The van der Waals surface area contributed by atoms with Crippen LogP contribution in [0.3, 0.4) is 0 Å². The highest BCUT2D eigenvalue weighted by Gasteiger charge is 2.04. The first-order valence-electron chi connectivity index (χ1n) is 3.70. The van der Waals surface area contributed by atoms with Gasteiger partial charge < -0.3 is 16.0 Å². The number of anilines is 2. The molecule has 0 fully saturated rings. The first kappa shape index (κ1) is 8.99. The van der Waals surface area contributed by atoms with Crippen LogP contribution in [-0.2, 0) is 6.54 Å². The molecule has 1 heterocycles. The Labute approximate surface area is 76.2 Å². The molecule has 0 unspecified atom stereocenters. The summed E-state index contributed by atoms with van der Waals surface area (Å²) in [6.07, 6.45) is 0. The number of nitrogen functional groups attached to an aromatic ring is 2. The van der Waals surface area contributed by atoms with Gasteiger partial charge in [-0.2, -0.15) is 0 Å². The number of hydrogen-bond donors (Lipinski definition) is 2. The van der Waals surface area contributed by atoms with Crippen molar-refractivity contribution in [2.75, 3.05) is 11.5 Å². The lowest BCUT2D eigenvalue weighted by Gasteiger charge is -2.10. The van der Waals surface area contributed by atoms with Gasteiger partial charge in [0.05, 0.1) is 0 Å². The maximum absolute atomic E-state index is 5.77. The topological polar surface area (TPSA) is 69.9 Å². The molecule has 0 amide bonds. The molecular weight excluding hydrogens is 172 g/mol. The number of nitrogens with two attached hydrogens (primary N) is 2. The molecule has 0 aromatic carbocycles. The third kappa shape index (κ3) is 1.27. The first-order chi connectivity index (χ1) is 5.57. The van der Waals surface area contributed by atoms with Crippen molar-refractivity contribution >= 4 is 23.9 Å². The highest BCUT2D eigenvalue weighted by Crippen LogP contribution is 2.15. The third-order valence-corrected chi connectivity index (χ3v) is 2.13. The van der Waals surface area contributed by atoms with Crippen LogP contribution < -0.4 is 11.5 Å². The Balaban J connectivity index is 3.52. The summed E-state index contributed by atoms with van der Waals surface area (Å²) in [6, 6.07) is 0. The van der Waals surface area contributed by atoms with Crippen molar-refractivity contribution in [1.82, 2.24) is 9.55 Å². The van der Waals surface area contributed by atoms with E-state index in [9.17, 15) is 0 Å². The Bertz CT molecular complexity index is 355. The van der Waals surface area contributed by atoms with Crippen LogP contribution in [0.25, 0.3) is 0 Å². The monoisotopic (exact) mass is 184 g/mol. The minimum atomic E-state index is 0.419. The van der Waals surface area contributed by atoms with Crippen molar-refractivity contribution in [2.24, 2.45) is 0 Å². The molecule has 1 aromatic heterocycles. The molecule has 12 heavy (non-hydrogen) atoms. The Hall–Kier alpha value is -1.10. The molecule has 0 radical (unpaired) electrons. The minimum Gasteiger partial charge on any atom is -0.385 e. The molecule has 66 valence electrons. The molecule has 0 spiro atoms. The molecule has 0 bridgehead atoms. The van der Waals surface area contributed by atoms with Gasteiger partial charge in [0.1, 0.15) is 11.6 Å². The molecule has 0 atom stereocenters. The van der Waals surface area contributed by atoms with E-state index in [-0.39, 0.29) is 0 Å². The molecule has 0 aliphatic heterocycles. The maximum atomic E-state index is 5.77. The molecule has 4 nitrogen and oxygen atoms in total. The summed E-state index contributed by atoms with van der Waals surface area (Å²) in [4.78, 5) is 3.98. The van der Waals surface area contributed by atoms with Crippen LogP contribution in [-0.4, -0.2) is 9.55 Å². The van der Waals surface area contributed by atoms with Gasteiger partial charge in [-0.1, -0.05) is 0 Å². The number of hydrogen-bond acceptors (Lipinski definition) is 4. The molecule has 0 aliphatic rings. The van der Waals surface area contributed by atoms with Crippen molar-refractivity contribution in [3.8, 4) is 0 Å². The second-order valence-electron chi connectivity index (χ2n) is 2.53. The van der Waals surface area contributed by atoms with E-state index < -0.39 is 0 Å². The normalized spacial score (nSPS) is 10.2. The summed E-state index contributed by atoms with van der Waals surface area (Å²) >= 11 is 4.98. The summed E-state index contributed by atoms with van der Waals surface area (Å²) in [5.41, 5.74) is 12.1. The summed E-state index contributed by atoms with van der Waals surface area (Å²) in [6.45, 7) is 4.51. The maximum Gasteiger partial charge on any atom is 0.202 e. The lowest BCUT2D eigenvalue weighted by atomic mass is 10.3. The van der Waals surface area contributed by atoms with E-state index >= 15 is 0 Å². The predicted molar refractivity (Wildman–Crippen MR) is 52.3 cm³/mol. The van der Waals surface area contributed by atoms with E-state index in [0.29, 0.717) is 16.4 Å². The highest BCUT2D eigenvalue weighted by molar-refractivity contribution is 7.71. The smallest absolute Gasteiger partial charge is 0.202 e. The zero-order valence-electron chi connectivity index (χ0n) is 7.16. The SMILES string of the molecule is CCn1c(N)c(C)c(N)nc1=S. The molecule has 0 aliphatic carbocycles. The van der Waals surface area contributed by atoms with Gasteiger partial charge in [0, 0.05) is 12.1 Å². The number of nitrogens with zero attached hydrogens (tertiary/aromatic N) is 2. The van der Waals surface area contributed by atoms with Gasteiger partial charge in [0.2, 0.25) is 4.77 Å². The Morgan fingerprint density at radius 2 is 2.08 bits per heavy atom. The van der Waals surface area contributed by atoms with Crippen molar-refractivity contribution in [2.45, 2.75) is 20.4 Å². The fraction of sp³-hybridized carbons (Fsp3) is 0.429. The van der Waals surface area contributed by atoms with Gasteiger partial charge in [0.25, 0.3) is 0 Å². The summed E-state index contributed by atoms with van der Waals surface area (Å²) in [5, 5.41) is 0. The van der Waals surface area contributed by atoms with Gasteiger partial charge >= 0.3 is 0 Å². The average Bonchev–Trinajstić information content (AvgIpc) is 2.01. The average molecular weight is 184 g/mol. The lowest BCUT2D eigenvalue weighted by Crippen LogP contribution is -2.11. The fourth-order valence-corrected chi connectivity index (χ4v) is 1.32. The van der Waals surface area contributed by atoms with Gasteiger partial charge in [-0.05, 0) is 26.1 Å². The zero-order valence-corrected chi connectivity index (χ0v) is 7.98. The zero-order chi connectivity index (χ0) is 9.30. The molecule has 4 N–H and O–H groups in total. The van der Waals surface area contributed by atoms with E-state index in [1.54, 1.807) is 4.57 Å². The van der Waals surface area contributed by atoms with E-state index in [2.05, 4.69) is 4.98 Å². The van der Waals surface area contributed by atoms with E-state index in [1.165, 1.54) is 0 Å². The van der Waals surface area contributed by atoms with Gasteiger partial charge in [0.15, 0.2) is 0 Å². The van der Waals surface area contributed by atoms with Gasteiger partial charge in [-0.3, -0.25) is 0 Å². The lowest BCUT2D eigenvalue weighted by molar-refractivity contribution is 0.730. The van der Waals surface area contributed by atoms with Crippen molar-refractivity contribution in [1.29, 1.82) is 0 Å². The molecule has 1 rings (SSSR count). The molecule has 0 saturated heterocycles. The van der Waals surface area contributed by atoms with Crippen LogP contribution in [0.15, 0.2) is 0 Å². The fourth-order valence-electron chi connectivity index (χ4n) is 0.990. The second-order valence-corrected chi connectivity index (χ2v) is 2.90. The second kappa shape index (κ2) is 3.10. The minimum absolute atomic E-state index is 0.419. The summed E-state index contributed by atoms with van der Waals surface area (Å²) in [5.74, 6) is 1.03. The summed E-state index contributed by atoms with van der Waals surface area (Å²) in [7, 11) is 0. The Morgan fingerprint density at radius 3 is 2.58 bits per heavy atom. The molecule has 0 saturated carbocycles. The van der Waals surface area contributed by atoms with Crippen molar-refractivity contribution in [3.63, 3.8) is 0 Å². The Kier molecular flexibility index (Phi) is 2.32. The Morgan fingerprint density at radius 1 is 1.50 bits per heavy atom. The first-order valence-corrected chi connectivity index (χ1v) is 4.11. The van der Waals surface area contributed by atoms with Crippen LogP contribution in [0.5, 0.6) is 0 Å².